The Morgan fingerprint density at radius 1 is 0.971 bits per heavy atom. The lowest BCUT2D eigenvalue weighted by Crippen LogP contribution is -2.42. The second-order valence-electron chi connectivity index (χ2n) is 9.20. The Morgan fingerprint density at radius 2 is 1.56 bits per heavy atom. The average Bonchev–Trinajstić information content (AvgIpc) is 2.83. The Labute approximate surface area is 202 Å². The number of carbonyl (C=O) groups is 2. The summed E-state index contributed by atoms with van der Waals surface area (Å²) in [6.07, 6.45) is 0.728. The maximum Gasteiger partial charge on any atom is 0.309 e. The molecule has 1 fully saturated rings. The van der Waals surface area contributed by atoms with Crippen molar-refractivity contribution in [1.82, 2.24) is 4.31 Å². The van der Waals surface area contributed by atoms with Gasteiger partial charge in [0.15, 0.2) is 6.61 Å². The lowest BCUT2D eigenvalue weighted by molar-refractivity contribution is -0.153. The van der Waals surface area contributed by atoms with Crippen molar-refractivity contribution in [3.05, 3.63) is 60.2 Å². The number of hydrogen-bond donors (Lipinski definition) is 0. The SMILES string of the molecule is CC(C)c1ccc(S(=O)(=O)N2CCC(C(=O)OCC(=O)N(c3ccccc3)C(C)C)CC2)cc1. The number of carbonyl (C=O) groups excluding carboxylic acids is 2. The Kier molecular flexibility index (Phi) is 8.49. The van der Waals surface area contributed by atoms with Crippen LogP contribution in [0.4, 0.5) is 5.69 Å². The van der Waals surface area contributed by atoms with E-state index in [4.69, 9.17) is 4.74 Å². The number of benzene rings is 2. The molecule has 1 heterocycles. The number of anilines is 1. The predicted molar refractivity (Wildman–Crippen MR) is 132 cm³/mol. The van der Waals surface area contributed by atoms with E-state index in [0.29, 0.717) is 18.8 Å². The van der Waals surface area contributed by atoms with Crippen LogP contribution < -0.4 is 4.90 Å². The molecular formula is C26H34N2O5S. The molecule has 0 unspecified atom stereocenters. The third kappa shape index (κ3) is 6.04. The van der Waals surface area contributed by atoms with Crippen molar-refractivity contribution in [2.45, 2.75) is 57.4 Å². The van der Waals surface area contributed by atoms with Gasteiger partial charge in [-0.2, -0.15) is 4.31 Å². The summed E-state index contributed by atoms with van der Waals surface area (Å²) in [5.74, 6) is -0.847. The zero-order valence-corrected chi connectivity index (χ0v) is 21.1. The van der Waals surface area contributed by atoms with Crippen molar-refractivity contribution in [3.63, 3.8) is 0 Å². The molecule has 1 amide bonds. The molecule has 0 bridgehead atoms. The van der Waals surface area contributed by atoms with Crippen LogP contribution in [0.3, 0.4) is 0 Å². The second kappa shape index (κ2) is 11.1. The van der Waals surface area contributed by atoms with Crippen molar-refractivity contribution < 1.29 is 22.7 Å². The summed E-state index contributed by atoms with van der Waals surface area (Å²) in [7, 11) is -3.61. The van der Waals surface area contributed by atoms with Crippen LogP contribution in [-0.2, 0) is 24.3 Å². The van der Waals surface area contributed by atoms with Crippen LogP contribution in [0.15, 0.2) is 59.5 Å². The summed E-state index contributed by atoms with van der Waals surface area (Å²) in [5, 5.41) is 0. The number of esters is 1. The Bertz CT molecular complexity index is 1070. The van der Waals surface area contributed by atoms with Gasteiger partial charge in [-0.15, -0.1) is 0 Å². The molecule has 3 rings (SSSR count). The molecule has 1 saturated heterocycles. The number of sulfonamides is 1. The minimum Gasteiger partial charge on any atom is -0.455 e. The number of nitrogens with zero attached hydrogens (tertiary/aromatic N) is 2. The van der Waals surface area contributed by atoms with Gasteiger partial charge in [0.25, 0.3) is 5.91 Å². The molecule has 1 aliphatic rings. The van der Waals surface area contributed by atoms with Crippen LogP contribution in [0, 0.1) is 5.92 Å². The summed E-state index contributed by atoms with van der Waals surface area (Å²) < 4.78 is 32.7. The van der Waals surface area contributed by atoms with Crippen LogP contribution >= 0.6 is 0 Å². The van der Waals surface area contributed by atoms with Crippen molar-refractivity contribution in [1.29, 1.82) is 0 Å². The Hall–Kier alpha value is -2.71. The molecular weight excluding hydrogens is 452 g/mol. The van der Waals surface area contributed by atoms with Gasteiger partial charge in [0, 0.05) is 24.8 Å². The largest absolute Gasteiger partial charge is 0.455 e. The molecule has 34 heavy (non-hydrogen) atoms. The first-order valence-corrected chi connectivity index (χ1v) is 13.2. The monoisotopic (exact) mass is 486 g/mol. The van der Waals surface area contributed by atoms with E-state index in [-0.39, 0.29) is 36.5 Å². The van der Waals surface area contributed by atoms with E-state index >= 15 is 0 Å². The van der Waals surface area contributed by atoms with Crippen LogP contribution in [0.1, 0.15) is 52.0 Å². The van der Waals surface area contributed by atoms with E-state index in [9.17, 15) is 18.0 Å². The standard InChI is InChI=1S/C26H34N2O5S/c1-19(2)21-10-12-24(13-11-21)34(31,32)27-16-14-22(15-17-27)26(30)33-18-25(29)28(20(3)4)23-8-6-5-7-9-23/h5-13,19-20,22H,14-18H2,1-4H3. The fourth-order valence-corrected chi connectivity index (χ4v) is 5.61. The van der Waals surface area contributed by atoms with Gasteiger partial charge in [0.2, 0.25) is 10.0 Å². The molecule has 1 aliphatic heterocycles. The van der Waals surface area contributed by atoms with Crippen molar-refractivity contribution in [2.75, 3.05) is 24.6 Å². The van der Waals surface area contributed by atoms with E-state index in [1.165, 1.54) is 4.31 Å². The van der Waals surface area contributed by atoms with E-state index in [0.717, 1.165) is 11.3 Å². The topological polar surface area (TPSA) is 84.0 Å². The Morgan fingerprint density at radius 3 is 2.09 bits per heavy atom. The second-order valence-corrected chi connectivity index (χ2v) is 11.1. The summed E-state index contributed by atoms with van der Waals surface area (Å²) >= 11 is 0. The summed E-state index contributed by atoms with van der Waals surface area (Å²) in [6, 6.07) is 16.1. The molecule has 2 aromatic carbocycles. The van der Waals surface area contributed by atoms with Crippen molar-refractivity contribution >= 4 is 27.6 Å². The molecule has 0 aromatic heterocycles. The summed E-state index contributed by atoms with van der Waals surface area (Å²) in [5.41, 5.74) is 1.83. The molecule has 184 valence electrons. The lowest BCUT2D eigenvalue weighted by Gasteiger charge is -2.30. The van der Waals surface area contributed by atoms with Gasteiger partial charge in [-0.3, -0.25) is 9.59 Å². The van der Waals surface area contributed by atoms with Gasteiger partial charge < -0.3 is 9.64 Å². The zero-order chi connectivity index (χ0) is 24.9. The van der Waals surface area contributed by atoms with Gasteiger partial charge in [-0.1, -0.05) is 44.2 Å². The van der Waals surface area contributed by atoms with E-state index in [1.54, 1.807) is 17.0 Å². The van der Waals surface area contributed by atoms with Crippen LogP contribution in [0.2, 0.25) is 0 Å². The minimum atomic E-state index is -3.61. The van der Waals surface area contributed by atoms with Gasteiger partial charge in [-0.05, 0) is 62.4 Å². The highest BCUT2D eigenvalue weighted by atomic mass is 32.2. The third-order valence-electron chi connectivity index (χ3n) is 6.13. The molecule has 0 spiro atoms. The van der Waals surface area contributed by atoms with Gasteiger partial charge in [0.1, 0.15) is 0 Å². The first-order chi connectivity index (χ1) is 16.1. The molecule has 0 aliphatic carbocycles. The van der Waals surface area contributed by atoms with Gasteiger partial charge in [0.05, 0.1) is 10.8 Å². The number of ether oxygens (including phenoxy) is 1. The molecule has 2 aromatic rings. The molecule has 7 nitrogen and oxygen atoms in total. The quantitative estimate of drug-likeness (QED) is 0.522. The highest BCUT2D eigenvalue weighted by Gasteiger charge is 2.33. The van der Waals surface area contributed by atoms with Gasteiger partial charge >= 0.3 is 5.97 Å². The number of hydrogen-bond acceptors (Lipinski definition) is 5. The van der Waals surface area contributed by atoms with E-state index in [1.807, 2.05) is 56.3 Å². The maximum absolute atomic E-state index is 13.0. The summed E-state index contributed by atoms with van der Waals surface area (Å²) in [4.78, 5) is 27.2. The first-order valence-electron chi connectivity index (χ1n) is 11.7. The van der Waals surface area contributed by atoms with Crippen LogP contribution in [-0.4, -0.2) is 50.3 Å². The normalized spacial score (nSPS) is 15.5. The minimum absolute atomic E-state index is 0.0864. The predicted octanol–water partition coefficient (Wildman–Crippen LogP) is 4.20. The van der Waals surface area contributed by atoms with Crippen LogP contribution in [0.25, 0.3) is 0 Å². The highest BCUT2D eigenvalue weighted by Crippen LogP contribution is 2.26. The zero-order valence-electron chi connectivity index (χ0n) is 20.3. The van der Waals surface area contributed by atoms with Crippen LogP contribution in [0.5, 0.6) is 0 Å². The molecule has 0 radical (unpaired) electrons. The first kappa shape index (κ1) is 25.9. The fourth-order valence-electron chi connectivity index (χ4n) is 4.14. The smallest absolute Gasteiger partial charge is 0.309 e. The average molecular weight is 487 g/mol. The Balaban J connectivity index is 1.54. The van der Waals surface area contributed by atoms with Gasteiger partial charge in [-0.25, -0.2) is 8.42 Å². The lowest BCUT2D eigenvalue weighted by atomic mass is 9.98. The van der Waals surface area contributed by atoms with Crippen molar-refractivity contribution in [2.24, 2.45) is 5.92 Å². The summed E-state index contributed by atoms with van der Waals surface area (Å²) in [6.45, 7) is 8.06. The number of amides is 1. The maximum atomic E-state index is 13.0. The molecule has 8 heteroatoms. The molecule has 0 saturated carbocycles. The third-order valence-corrected chi connectivity index (χ3v) is 8.04. The molecule has 0 atom stereocenters. The fraction of sp³-hybridized carbons (Fsp3) is 0.462. The van der Waals surface area contributed by atoms with E-state index in [2.05, 4.69) is 13.8 Å². The molecule has 0 N–H and O–H groups in total. The number of piperidine rings is 1. The van der Waals surface area contributed by atoms with Crippen molar-refractivity contribution in [3.8, 4) is 0 Å². The number of para-hydroxylation sites is 1. The highest BCUT2D eigenvalue weighted by molar-refractivity contribution is 7.89. The number of rotatable bonds is 8. The van der Waals surface area contributed by atoms with E-state index < -0.39 is 21.9 Å².